The predicted octanol–water partition coefficient (Wildman–Crippen LogP) is 2.82. The van der Waals surface area contributed by atoms with E-state index < -0.39 is 0 Å². The van der Waals surface area contributed by atoms with E-state index in [2.05, 4.69) is 26.2 Å². The van der Waals surface area contributed by atoms with Crippen molar-refractivity contribution in [2.45, 2.75) is 33.7 Å². The van der Waals surface area contributed by atoms with E-state index in [0.29, 0.717) is 0 Å². The minimum absolute atomic E-state index is 0.0994. The van der Waals surface area contributed by atoms with Gasteiger partial charge in [-0.05, 0) is 55.8 Å². The number of pyridine rings is 1. The van der Waals surface area contributed by atoms with Crippen molar-refractivity contribution in [2.75, 3.05) is 18.4 Å². The maximum absolute atomic E-state index is 12.1. The van der Waals surface area contributed by atoms with Crippen molar-refractivity contribution < 1.29 is 4.79 Å². The topological polar surface area (TPSA) is 45.2 Å². The van der Waals surface area contributed by atoms with Gasteiger partial charge in [0.25, 0.3) is 0 Å². The Morgan fingerprint density at radius 3 is 2.56 bits per heavy atom. The molecule has 18 heavy (non-hydrogen) atoms. The van der Waals surface area contributed by atoms with Crippen molar-refractivity contribution in [2.24, 2.45) is 0 Å². The number of carbonyl (C=O) groups excluding carboxylic acids is 1. The molecule has 1 atom stereocenters. The second-order valence-corrected chi connectivity index (χ2v) is 4.99. The summed E-state index contributed by atoms with van der Waals surface area (Å²) in [7, 11) is 0. The maximum Gasteiger partial charge on any atom is 0.244 e. The standard InChI is InChI=1S/C13H20BrN3O/c1-5-17(6-2)13(18)10(4)16-12-8-7-11(14)9(3)15-12/h7-8,10H,5-6H2,1-4H3,(H,15,16). The second-order valence-electron chi connectivity index (χ2n) is 4.14. The maximum atomic E-state index is 12.1. The summed E-state index contributed by atoms with van der Waals surface area (Å²) in [5.41, 5.74) is 0.905. The van der Waals surface area contributed by atoms with E-state index in [4.69, 9.17) is 0 Å². The van der Waals surface area contributed by atoms with E-state index in [9.17, 15) is 4.79 Å². The van der Waals surface area contributed by atoms with E-state index in [1.165, 1.54) is 0 Å². The van der Waals surface area contributed by atoms with E-state index in [1.807, 2.05) is 44.7 Å². The lowest BCUT2D eigenvalue weighted by Crippen LogP contribution is -2.41. The van der Waals surface area contributed by atoms with Crippen LogP contribution in [-0.2, 0) is 4.79 Å². The van der Waals surface area contributed by atoms with Gasteiger partial charge in [-0.25, -0.2) is 4.98 Å². The molecule has 1 N–H and O–H groups in total. The zero-order valence-electron chi connectivity index (χ0n) is 11.3. The normalized spacial score (nSPS) is 12.1. The first-order valence-corrected chi connectivity index (χ1v) is 6.97. The van der Waals surface area contributed by atoms with Crippen molar-refractivity contribution >= 4 is 27.7 Å². The molecule has 100 valence electrons. The summed E-state index contributed by atoms with van der Waals surface area (Å²) >= 11 is 3.40. The molecule has 1 aromatic heterocycles. The molecule has 0 aromatic carbocycles. The average Bonchev–Trinajstić information content (AvgIpc) is 2.35. The molecule has 0 aliphatic rings. The molecule has 0 spiro atoms. The Morgan fingerprint density at radius 1 is 1.44 bits per heavy atom. The first kappa shape index (κ1) is 15.0. The second kappa shape index (κ2) is 6.73. The lowest BCUT2D eigenvalue weighted by Gasteiger charge is -2.23. The molecule has 0 fully saturated rings. The number of aryl methyl sites for hydroxylation is 1. The van der Waals surface area contributed by atoms with Crippen LogP contribution in [0.4, 0.5) is 5.82 Å². The highest BCUT2D eigenvalue weighted by atomic mass is 79.9. The van der Waals surface area contributed by atoms with Crippen molar-refractivity contribution in [3.8, 4) is 0 Å². The zero-order valence-corrected chi connectivity index (χ0v) is 12.9. The Morgan fingerprint density at radius 2 is 2.06 bits per heavy atom. The van der Waals surface area contributed by atoms with Crippen LogP contribution in [0.5, 0.6) is 0 Å². The quantitative estimate of drug-likeness (QED) is 0.909. The fourth-order valence-corrected chi connectivity index (χ4v) is 1.94. The van der Waals surface area contributed by atoms with Crippen LogP contribution in [0.25, 0.3) is 0 Å². The van der Waals surface area contributed by atoms with E-state index in [1.54, 1.807) is 0 Å². The van der Waals surface area contributed by atoms with Crippen molar-refractivity contribution in [1.29, 1.82) is 0 Å². The predicted molar refractivity (Wildman–Crippen MR) is 77.7 cm³/mol. The molecule has 0 saturated heterocycles. The van der Waals surface area contributed by atoms with Crippen molar-refractivity contribution in [1.82, 2.24) is 9.88 Å². The summed E-state index contributed by atoms with van der Waals surface area (Å²) in [4.78, 5) is 18.3. The smallest absolute Gasteiger partial charge is 0.244 e. The Bertz CT molecular complexity index is 419. The molecule has 1 rings (SSSR count). The number of nitrogens with one attached hydrogen (secondary N) is 1. The first-order chi connectivity index (χ1) is 8.49. The fraction of sp³-hybridized carbons (Fsp3) is 0.538. The highest BCUT2D eigenvalue weighted by molar-refractivity contribution is 9.10. The molecule has 5 heteroatoms. The third-order valence-electron chi connectivity index (χ3n) is 2.83. The van der Waals surface area contributed by atoms with Gasteiger partial charge in [0.2, 0.25) is 5.91 Å². The molecule has 0 aliphatic heterocycles. The molecule has 0 saturated carbocycles. The summed E-state index contributed by atoms with van der Waals surface area (Å²) in [5.74, 6) is 0.825. The van der Waals surface area contributed by atoms with Gasteiger partial charge < -0.3 is 10.2 Å². The van der Waals surface area contributed by atoms with E-state index in [-0.39, 0.29) is 11.9 Å². The van der Waals surface area contributed by atoms with Crippen LogP contribution < -0.4 is 5.32 Å². The van der Waals surface area contributed by atoms with E-state index in [0.717, 1.165) is 29.1 Å². The Balaban J connectivity index is 2.71. The SMILES string of the molecule is CCN(CC)C(=O)C(C)Nc1ccc(Br)c(C)n1. The molecule has 1 aromatic rings. The third kappa shape index (κ3) is 3.70. The average molecular weight is 314 g/mol. The van der Waals surface area contributed by atoms with Crippen LogP contribution in [0.15, 0.2) is 16.6 Å². The lowest BCUT2D eigenvalue weighted by molar-refractivity contribution is -0.131. The summed E-state index contributed by atoms with van der Waals surface area (Å²) in [5, 5.41) is 3.14. The van der Waals surface area contributed by atoms with Gasteiger partial charge in [0.05, 0.1) is 5.69 Å². The van der Waals surface area contributed by atoms with Crippen LogP contribution in [0.1, 0.15) is 26.5 Å². The monoisotopic (exact) mass is 313 g/mol. The minimum Gasteiger partial charge on any atom is -0.359 e. The molecule has 1 heterocycles. The highest BCUT2D eigenvalue weighted by Crippen LogP contribution is 2.16. The van der Waals surface area contributed by atoms with Gasteiger partial charge in [-0.1, -0.05) is 0 Å². The molecule has 4 nitrogen and oxygen atoms in total. The van der Waals surface area contributed by atoms with Gasteiger partial charge in [0, 0.05) is 17.6 Å². The van der Waals surface area contributed by atoms with Crippen molar-refractivity contribution in [3.63, 3.8) is 0 Å². The number of rotatable bonds is 5. The molecular weight excluding hydrogens is 294 g/mol. The fourth-order valence-electron chi connectivity index (χ4n) is 1.72. The summed E-state index contributed by atoms with van der Waals surface area (Å²) < 4.78 is 0.968. The molecule has 0 aliphatic carbocycles. The first-order valence-electron chi connectivity index (χ1n) is 6.18. The third-order valence-corrected chi connectivity index (χ3v) is 3.67. The van der Waals surface area contributed by atoms with Gasteiger partial charge in [0.1, 0.15) is 11.9 Å². The van der Waals surface area contributed by atoms with Gasteiger partial charge in [-0.2, -0.15) is 0 Å². The summed E-state index contributed by atoms with van der Waals surface area (Å²) in [6.45, 7) is 9.21. The number of nitrogens with zero attached hydrogens (tertiary/aromatic N) is 2. The van der Waals surface area contributed by atoms with Crippen LogP contribution in [0.2, 0.25) is 0 Å². The van der Waals surface area contributed by atoms with Crippen LogP contribution in [0.3, 0.4) is 0 Å². The number of hydrogen-bond donors (Lipinski definition) is 1. The van der Waals surface area contributed by atoms with Crippen molar-refractivity contribution in [3.05, 3.63) is 22.3 Å². The van der Waals surface area contributed by atoms with Crippen LogP contribution in [0, 0.1) is 6.92 Å². The number of hydrogen-bond acceptors (Lipinski definition) is 3. The lowest BCUT2D eigenvalue weighted by atomic mass is 10.2. The molecule has 0 bridgehead atoms. The molecule has 1 amide bonds. The summed E-state index contributed by atoms with van der Waals surface area (Å²) in [6, 6.07) is 3.53. The van der Waals surface area contributed by atoms with Gasteiger partial charge in [0.15, 0.2) is 0 Å². The Kier molecular flexibility index (Phi) is 5.59. The number of aromatic nitrogens is 1. The van der Waals surface area contributed by atoms with Crippen LogP contribution in [-0.4, -0.2) is 34.9 Å². The molecular formula is C13H20BrN3O. The van der Waals surface area contributed by atoms with Gasteiger partial charge in [-0.15, -0.1) is 0 Å². The number of amides is 1. The Labute approximate surface area is 117 Å². The number of halogens is 1. The highest BCUT2D eigenvalue weighted by Gasteiger charge is 2.18. The van der Waals surface area contributed by atoms with E-state index >= 15 is 0 Å². The summed E-state index contributed by atoms with van der Waals surface area (Å²) in [6.07, 6.45) is 0. The number of carbonyl (C=O) groups is 1. The molecule has 1 unspecified atom stereocenters. The largest absolute Gasteiger partial charge is 0.359 e. The Hall–Kier alpha value is -1.10. The minimum atomic E-state index is -0.266. The number of likely N-dealkylation sites (N-methyl/N-ethyl adjacent to an activating group) is 1. The molecule has 0 radical (unpaired) electrons. The zero-order chi connectivity index (χ0) is 13.7. The van der Waals surface area contributed by atoms with Gasteiger partial charge in [-0.3, -0.25) is 4.79 Å². The number of anilines is 1. The van der Waals surface area contributed by atoms with Gasteiger partial charge >= 0.3 is 0 Å². The van der Waals surface area contributed by atoms with Crippen LogP contribution >= 0.6 is 15.9 Å².